The molecule has 23 nitrogen and oxygen atoms in total. The minimum absolute atomic E-state index is 0. The minimum atomic E-state index is -6.26. The summed E-state index contributed by atoms with van der Waals surface area (Å²) in [6, 6.07) is 57.4. The largest absolute Gasteiger partial charge is 0.743 e. The maximum atomic E-state index is 13.2. The SMILES string of the molecule is C.CC1(C)C2CCC1(CS(=O)(=O)OCCOC(=O)C(F)(F)S(=O)(=O)[O-])C(=O)C2.CC1(C)C2CCC1(CS(=O)(=O)OCCOC(=O)C(F)(F)SOO[O-])C(=O)C2.Cc1cc([S+](c2ccccc2)c2ccccc2)cc(C)c1OC(=O)CC12CC3CC(CC(C3)C1)C2.Cc1cc([S+](c2ccccc2)c2ccccc2)cc(C)c1OC(=O)CC12CC3CC(CC(C3)C1)C2.c1ccncc1. The lowest BCUT2D eigenvalue weighted by Gasteiger charge is -2.56. The number of hydrogen-bond acceptors (Lipinski definition) is 24. The quantitative estimate of drug-likeness (QED) is 0.00385. The van der Waals surface area contributed by atoms with Crippen LogP contribution in [-0.4, -0.2) is 119 Å². The topological polar surface area (TPSA) is 338 Å². The predicted octanol–water partition coefficient (Wildman–Crippen LogP) is 18.7. The van der Waals surface area contributed by atoms with Gasteiger partial charge >= 0.3 is 34.4 Å². The number of Topliss-reactive ketones (excluding diaryl/α,β-unsaturated/α-hetero) is 2. The number of hydrogen-bond donors (Lipinski definition) is 0. The first-order valence-electron chi connectivity index (χ1n) is 44.1. The van der Waals surface area contributed by atoms with E-state index in [1.54, 1.807) is 12.4 Å². The molecule has 12 bridgehead atoms. The van der Waals surface area contributed by atoms with E-state index >= 15 is 0 Å². The van der Waals surface area contributed by atoms with Crippen molar-refractivity contribution in [2.75, 3.05) is 37.9 Å². The first kappa shape index (κ1) is 102. The van der Waals surface area contributed by atoms with Crippen molar-refractivity contribution in [2.24, 2.45) is 79.8 Å². The monoisotopic (exact) mass is 1930 g/mol. The maximum Gasteiger partial charge on any atom is 0.428 e. The molecule has 33 heteroatoms. The molecule has 12 fully saturated rings. The van der Waals surface area contributed by atoms with E-state index in [2.05, 4.69) is 201 Å². The van der Waals surface area contributed by atoms with Crippen molar-refractivity contribution in [1.82, 2.24) is 4.98 Å². The van der Waals surface area contributed by atoms with Crippen LogP contribution in [0.2, 0.25) is 0 Å². The number of aromatic nitrogens is 1. The minimum Gasteiger partial charge on any atom is -0.743 e. The van der Waals surface area contributed by atoms with Gasteiger partial charge in [-0.25, -0.2) is 18.0 Å². The second-order valence-electron chi connectivity index (χ2n) is 38.2. The summed E-state index contributed by atoms with van der Waals surface area (Å²) in [6.45, 7) is 12.3. The zero-order valence-corrected chi connectivity index (χ0v) is 79.0. The lowest BCUT2D eigenvalue weighted by molar-refractivity contribution is -0.777. The summed E-state index contributed by atoms with van der Waals surface area (Å²) in [5, 5.41) is 2.69. The number of rotatable bonds is 30. The summed E-state index contributed by atoms with van der Waals surface area (Å²) in [7, 11) is -15.1. The van der Waals surface area contributed by atoms with E-state index in [1.807, 2.05) is 45.9 Å². The fourth-order valence-corrected chi connectivity index (χ4v) is 31.9. The number of carbonyl (C=O) groups excluding carboxylic acids is 6. The highest BCUT2D eigenvalue weighted by molar-refractivity contribution is 7.97. The number of ether oxygens (including phenoxy) is 4. The van der Waals surface area contributed by atoms with Gasteiger partial charge in [-0.2, -0.15) is 38.7 Å². The lowest BCUT2D eigenvalue weighted by atomic mass is 9.49. The first-order chi connectivity index (χ1) is 61.4. The van der Waals surface area contributed by atoms with Crippen molar-refractivity contribution in [3.63, 3.8) is 0 Å². The third-order valence-electron chi connectivity index (χ3n) is 28.9. The molecular weight excluding hydrogens is 1810 g/mol. The van der Waals surface area contributed by atoms with Crippen LogP contribution in [0.25, 0.3) is 0 Å². The van der Waals surface area contributed by atoms with Crippen LogP contribution in [0.3, 0.4) is 0 Å². The Morgan fingerprint density at radius 1 is 0.466 bits per heavy atom. The molecule has 710 valence electrons. The third-order valence-corrected chi connectivity index (χ3v) is 37.3. The Bertz CT molecular complexity index is 5150. The molecule has 12 aliphatic rings. The van der Waals surface area contributed by atoms with Crippen molar-refractivity contribution >= 4 is 99.6 Å². The molecule has 12 saturated carbocycles. The summed E-state index contributed by atoms with van der Waals surface area (Å²) in [5.41, 5.74) is 1.48. The Labute approximate surface area is 776 Å². The van der Waals surface area contributed by atoms with Crippen LogP contribution in [0, 0.1) is 108 Å². The maximum absolute atomic E-state index is 13.2. The van der Waals surface area contributed by atoms with E-state index in [0.29, 0.717) is 44.9 Å². The average Bonchev–Trinajstić information content (AvgIpc) is 1.55. The molecule has 4 atom stereocenters. The fourth-order valence-electron chi connectivity index (χ4n) is 23.5. The van der Waals surface area contributed by atoms with Gasteiger partial charge in [0.25, 0.3) is 20.2 Å². The Morgan fingerprint density at radius 3 is 1.03 bits per heavy atom. The zero-order chi connectivity index (χ0) is 93.6. The highest BCUT2D eigenvalue weighted by Gasteiger charge is 2.67. The number of carbonyl (C=O) groups is 6. The van der Waals surface area contributed by atoms with Gasteiger partial charge in [-0.15, -0.1) is 0 Å². The van der Waals surface area contributed by atoms with Crippen molar-refractivity contribution in [2.45, 2.75) is 231 Å². The van der Waals surface area contributed by atoms with Crippen LogP contribution < -0.4 is 14.7 Å². The molecule has 6 aromatic carbocycles. The van der Waals surface area contributed by atoms with Gasteiger partial charge in [-0.05, 0) is 282 Å². The van der Waals surface area contributed by atoms with Crippen molar-refractivity contribution in [3.8, 4) is 11.5 Å². The molecule has 0 amide bonds. The molecule has 1 aromatic heterocycles. The van der Waals surface area contributed by atoms with E-state index < -0.39 is 124 Å². The lowest BCUT2D eigenvalue weighted by Crippen LogP contribution is -2.47. The van der Waals surface area contributed by atoms with Gasteiger partial charge < -0.3 is 28.8 Å². The van der Waals surface area contributed by atoms with Gasteiger partial charge in [0, 0.05) is 49.5 Å². The van der Waals surface area contributed by atoms with E-state index in [4.69, 9.17) is 13.7 Å². The summed E-state index contributed by atoms with van der Waals surface area (Å²) < 4.78 is 165. The predicted molar refractivity (Wildman–Crippen MR) is 482 cm³/mol. The van der Waals surface area contributed by atoms with Crippen LogP contribution in [0.1, 0.15) is 186 Å². The number of ketones is 2. The molecule has 131 heavy (non-hydrogen) atoms. The molecule has 0 radical (unpaired) electrons. The third kappa shape index (κ3) is 23.4. The van der Waals surface area contributed by atoms with Crippen molar-refractivity contribution in [3.05, 3.63) is 198 Å². The molecule has 7 aromatic rings. The summed E-state index contributed by atoms with van der Waals surface area (Å²) in [5.74, 6) is 0.731. The second kappa shape index (κ2) is 41.7. The normalized spacial score (nSPS) is 26.0. The van der Waals surface area contributed by atoms with Crippen molar-refractivity contribution < 1.29 is 118 Å². The number of pyridine rings is 1. The van der Waals surface area contributed by atoms with Crippen LogP contribution in [0.15, 0.2) is 206 Å². The number of nitrogens with zero attached hydrogens (tertiary/aromatic N) is 1. The summed E-state index contributed by atoms with van der Waals surface area (Å²) in [6.07, 6.45) is 23.5. The van der Waals surface area contributed by atoms with Gasteiger partial charge in [-0.1, -0.05) is 114 Å². The molecule has 4 unspecified atom stereocenters. The Kier molecular flexibility index (Phi) is 32.5. The number of aryl methyl sites for hydroxylation is 4. The van der Waals surface area contributed by atoms with Crippen LogP contribution in [0.5, 0.6) is 11.5 Å². The highest BCUT2D eigenvalue weighted by Crippen LogP contribution is 2.67. The molecule has 0 aliphatic heterocycles. The molecule has 0 N–H and O–H groups in total. The molecule has 0 spiro atoms. The number of benzene rings is 6. The molecular formula is C98H117F4NO22S6. The zero-order valence-electron chi connectivity index (χ0n) is 74.1. The number of alkyl halides is 4. The van der Waals surface area contributed by atoms with Gasteiger partial charge in [0.05, 0.1) is 57.0 Å². The van der Waals surface area contributed by atoms with Gasteiger partial charge in [0.1, 0.15) is 61.5 Å². The second-order valence-corrected chi connectivity index (χ2v) is 47.7. The van der Waals surface area contributed by atoms with Crippen LogP contribution in [0.4, 0.5) is 17.6 Å². The van der Waals surface area contributed by atoms with Gasteiger partial charge in [0.15, 0.2) is 39.5 Å². The van der Waals surface area contributed by atoms with Gasteiger partial charge in [-0.3, -0.25) is 37.6 Å². The molecule has 0 saturated heterocycles. The molecule has 12 aliphatic carbocycles. The van der Waals surface area contributed by atoms with Crippen LogP contribution >= 0.6 is 12.0 Å². The highest BCUT2D eigenvalue weighted by atomic mass is 32.2. The van der Waals surface area contributed by atoms with Gasteiger partial charge in [0.2, 0.25) is 0 Å². The molecule has 1 heterocycles. The van der Waals surface area contributed by atoms with Crippen LogP contribution in [-0.2, 0) is 108 Å². The smallest absolute Gasteiger partial charge is 0.428 e. The first-order valence-corrected chi connectivity index (χ1v) is 51.8. The Morgan fingerprint density at radius 2 is 0.771 bits per heavy atom. The van der Waals surface area contributed by atoms with E-state index in [9.17, 15) is 81.4 Å². The summed E-state index contributed by atoms with van der Waals surface area (Å²) in [4.78, 5) is 84.7. The average molecular weight is 1930 g/mol. The number of fused-ring (bicyclic) bond motifs is 4. The van der Waals surface area contributed by atoms with Crippen molar-refractivity contribution in [1.29, 1.82) is 0 Å². The van der Waals surface area contributed by atoms with E-state index in [-0.39, 0.29) is 75.4 Å². The standard InChI is InChI=1S/2C32H35O2S.2C14H20F2O9S2.C5H5N.CH4/c2*1-22-13-29(35(27-9-5-3-6-10-27)28-11-7-4-8-12-28)14-23(2)31(22)34-30(33)21-32-18-24-15-25(19-32)17-26(16-24)20-32;1-12(2)9-3-4-13(12,10(17)7-9)8-26(19,20)25-6-5-24-11(18)14(15,16)27(21,22)23;1-12(2)9-3-4-13(12,10(17)7-9)8-27(20,21)23-6-5-22-11(18)14(15,16)26-25-24-19;1-2-4-6-5-3-1;/h2*3-14,24-26H,15-21H2,1-2H3;9H,3-8H2,1-2H3,(H,21,22,23);9,19H,3-8H2,1-2H3;1-5H;1H4/q2*+1;;;;/p-2. The fraction of sp³-hybridized carbons (Fsp3) is 0.520. The van der Waals surface area contributed by atoms with E-state index in [0.717, 1.165) is 75.7 Å². The number of esters is 4. The Hall–Kier alpha value is -7.93. The molecule has 19 rings (SSSR count). The Balaban J connectivity index is 0.000000155. The summed E-state index contributed by atoms with van der Waals surface area (Å²) >= 11 is -0.860. The number of halogens is 4. The van der Waals surface area contributed by atoms with E-state index in [1.165, 1.54) is 106 Å².